The molecule has 0 rings (SSSR count). The van der Waals surface area contributed by atoms with Gasteiger partial charge in [0.2, 0.25) is 0 Å². The second-order valence-corrected chi connectivity index (χ2v) is 5.33. The fourth-order valence-electron chi connectivity index (χ4n) is 1.97. The molecule has 0 aliphatic heterocycles. The number of hydrogen-bond acceptors (Lipinski definition) is 4. The monoisotopic (exact) mass is 290 g/mol. The minimum Gasteiger partial charge on any atom is -0.394 e. The third-order valence-electron chi connectivity index (χ3n) is 3.18. The van der Waals surface area contributed by atoms with Crippen molar-refractivity contribution in [2.75, 3.05) is 46.2 Å². The van der Waals surface area contributed by atoms with E-state index in [9.17, 15) is 0 Å². The Labute approximate surface area is 124 Å². The fraction of sp³-hybridized carbons (Fsp3) is 1.00. The van der Waals surface area contributed by atoms with Gasteiger partial charge in [-0.3, -0.25) is 0 Å². The highest BCUT2D eigenvalue weighted by atomic mass is 16.5. The molecule has 122 valence electrons. The van der Waals surface area contributed by atoms with Gasteiger partial charge >= 0.3 is 0 Å². The molecule has 0 saturated carbocycles. The lowest BCUT2D eigenvalue weighted by atomic mass is 10.0. The number of hydrogen-bond donors (Lipinski definition) is 1. The Hall–Kier alpha value is -0.160. The second kappa shape index (κ2) is 16.9. The average Bonchev–Trinajstić information content (AvgIpc) is 2.45. The lowest BCUT2D eigenvalue weighted by Crippen LogP contribution is -2.13. The highest BCUT2D eigenvalue weighted by molar-refractivity contribution is 4.52. The molecule has 0 saturated heterocycles. The number of unbranched alkanes of at least 4 members (excludes halogenated alkanes) is 4. The molecule has 0 aromatic heterocycles. The zero-order valence-corrected chi connectivity index (χ0v) is 13.4. The van der Waals surface area contributed by atoms with Crippen LogP contribution < -0.4 is 0 Å². The second-order valence-electron chi connectivity index (χ2n) is 5.33. The molecule has 0 radical (unpaired) electrons. The Morgan fingerprint density at radius 2 is 1.40 bits per heavy atom. The first-order valence-corrected chi connectivity index (χ1v) is 8.15. The van der Waals surface area contributed by atoms with Crippen LogP contribution in [0.2, 0.25) is 0 Å². The first kappa shape index (κ1) is 19.8. The van der Waals surface area contributed by atoms with Crippen LogP contribution in [0.3, 0.4) is 0 Å². The van der Waals surface area contributed by atoms with E-state index in [4.69, 9.17) is 19.3 Å². The van der Waals surface area contributed by atoms with Gasteiger partial charge in [0.05, 0.1) is 39.6 Å². The van der Waals surface area contributed by atoms with Crippen LogP contribution in [-0.4, -0.2) is 51.4 Å². The molecule has 20 heavy (non-hydrogen) atoms. The molecule has 1 unspecified atom stereocenters. The van der Waals surface area contributed by atoms with E-state index in [1.54, 1.807) is 0 Å². The molecule has 0 aliphatic carbocycles. The Morgan fingerprint density at radius 3 is 2.05 bits per heavy atom. The van der Waals surface area contributed by atoms with Gasteiger partial charge in [-0.15, -0.1) is 0 Å². The van der Waals surface area contributed by atoms with Gasteiger partial charge in [-0.05, 0) is 12.3 Å². The molecule has 4 heteroatoms. The largest absolute Gasteiger partial charge is 0.394 e. The minimum absolute atomic E-state index is 0.0689. The molecule has 0 aromatic carbocycles. The molecule has 0 aliphatic rings. The van der Waals surface area contributed by atoms with Crippen molar-refractivity contribution in [3.63, 3.8) is 0 Å². The molecule has 4 nitrogen and oxygen atoms in total. The van der Waals surface area contributed by atoms with Crippen molar-refractivity contribution in [2.24, 2.45) is 5.92 Å². The molecule has 1 N–H and O–H groups in total. The summed E-state index contributed by atoms with van der Waals surface area (Å²) in [6.07, 6.45) is 7.99. The van der Waals surface area contributed by atoms with Gasteiger partial charge in [0, 0.05) is 6.61 Å². The van der Waals surface area contributed by atoms with Crippen molar-refractivity contribution in [3.8, 4) is 0 Å². The third kappa shape index (κ3) is 15.9. The number of aliphatic hydroxyl groups excluding tert-OH is 1. The number of ether oxygens (including phenoxy) is 3. The van der Waals surface area contributed by atoms with Crippen LogP contribution in [0.1, 0.15) is 52.4 Å². The van der Waals surface area contributed by atoms with Gasteiger partial charge in [-0.1, -0.05) is 46.0 Å². The number of rotatable bonds is 16. The van der Waals surface area contributed by atoms with E-state index >= 15 is 0 Å². The van der Waals surface area contributed by atoms with Crippen LogP contribution in [-0.2, 0) is 14.2 Å². The summed E-state index contributed by atoms with van der Waals surface area (Å²) < 4.78 is 16.0. The first-order chi connectivity index (χ1) is 9.81. The third-order valence-corrected chi connectivity index (χ3v) is 3.18. The van der Waals surface area contributed by atoms with Crippen molar-refractivity contribution >= 4 is 0 Å². The molecular weight excluding hydrogens is 256 g/mol. The molecule has 0 aromatic rings. The fourth-order valence-corrected chi connectivity index (χ4v) is 1.97. The van der Waals surface area contributed by atoms with Crippen LogP contribution in [0.15, 0.2) is 0 Å². The van der Waals surface area contributed by atoms with Crippen LogP contribution >= 0.6 is 0 Å². The minimum atomic E-state index is 0.0689. The normalized spacial score (nSPS) is 12.8. The van der Waals surface area contributed by atoms with E-state index in [0.29, 0.717) is 39.0 Å². The maximum Gasteiger partial charge on any atom is 0.0701 e. The smallest absolute Gasteiger partial charge is 0.0701 e. The molecule has 0 bridgehead atoms. The summed E-state index contributed by atoms with van der Waals surface area (Å²) in [4.78, 5) is 0. The van der Waals surface area contributed by atoms with E-state index in [0.717, 1.165) is 6.61 Å². The van der Waals surface area contributed by atoms with Crippen molar-refractivity contribution in [2.45, 2.75) is 52.4 Å². The zero-order valence-electron chi connectivity index (χ0n) is 13.4. The summed E-state index contributed by atoms with van der Waals surface area (Å²) in [7, 11) is 0. The summed E-state index contributed by atoms with van der Waals surface area (Å²) in [5, 5.41) is 8.51. The number of aliphatic hydroxyl groups is 1. The van der Waals surface area contributed by atoms with Crippen molar-refractivity contribution in [3.05, 3.63) is 0 Å². The van der Waals surface area contributed by atoms with E-state index in [1.165, 1.54) is 38.5 Å². The zero-order chi connectivity index (χ0) is 14.9. The van der Waals surface area contributed by atoms with Crippen LogP contribution in [0.5, 0.6) is 0 Å². The molecule has 0 spiro atoms. The molecule has 0 heterocycles. The highest BCUT2D eigenvalue weighted by Crippen LogP contribution is 2.11. The highest BCUT2D eigenvalue weighted by Gasteiger charge is 2.02. The Bertz CT molecular complexity index is 176. The summed E-state index contributed by atoms with van der Waals surface area (Å²) in [6, 6.07) is 0. The van der Waals surface area contributed by atoms with E-state index in [-0.39, 0.29) is 6.61 Å². The van der Waals surface area contributed by atoms with Gasteiger partial charge in [-0.25, -0.2) is 0 Å². The standard InChI is InChI=1S/C16H34O4/c1-3-4-5-6-7-8-16(2)15-20-14-13-19-12-11-18-10-9-17/h16-17H,3-15H2,1-2H3. The van der Waals surface area contributed by atoms with Gasteiger partial charge in [0.1, 0.15) is 0 Å². The van der Waals surface area contributed by atoms with Crippen LogP contribution in [0.25, 0.3) is 0 Å². The van der Waals surface area contributed by atoms with E-state index in [1.807, 2.05) is 0 Å². The summed E-state index contributed by atoms with van der Waals surface area (Å²) in [5.74, 6) is 0.643. The Kier molecular flexibility index (Phi) is 16.8. The van der Waals surface area contributed by atoms with Crippen molar-refractivity contribution < 1.29 is 19.3 Å². The molecule has 0 amide bonds. The first-order valence-electron chi connectivity index (χ1n) is 8.15. The SMILES string of the molecule is CCCCCCCC(C)COCCOCCOCCO. The molecule has 0 fully saturated rings. The van der Waals surface area contributed by atoms with Crippen LogP contribution in [0.4, 0.5) is 0 Å². The Morgan fingerprint density at radius 1 is 0.800 bits per heavy atom. The topological polar surface area (TPSA) is 47.9 Å². The summed E-state index contributed by atoms with van der Waals surface area (Å²) in [6.45, 7) is 8.16. The van der Waals surface area contributed by atoms with Gasteiger partial charge in [0.25, 0.3) is 0 Å². The van der Waals surface area contributed by atoms with Crippen molar-refractivity contribution in [1.29, 1.82) is 0 Å². The Balaban J connectivity index is 3.09. The van der Waals surface area contributed by atoms with E-state index in [2.05, 4.69) is 13.8 Å². The lowest BCUT2D eigenvalue weighted by Gasteiger charge is -2.12. The van der Waals surface area contributed by atoms with Gasteiger partial charge in [0.15, 0.2) is 0 Å². The van der Waals surface area contributed by atoms with Gasteiger partial charge in [-0.2, -0.15) is 0 Å². The predicted octanol–water partition coefficient (Wildman–Crippen LogP) is 3.03. The summed E-state index contributed by atoms with van der Waals surface area (Å²) >= 11 is 0. The quantitative estimate of drug-likeness (QED) is 0.444. The maximum atomic E-state index is 8.51. The summed E-state index contributed by atoms with van der Waals surface area (Å²) in [5.41, 5.74) is 0. The molecular formula is C16H34O4. The van der Waals surface area contributed by atoms with Crippen LogP contribution in [0, 0.1) is 5.92 Å². The maximum absolute atomic E-state index is 8.51. The van der Waals surface area contributed by atoms with E-state index < -0.39 is 0 Å². The van der Waals surface area contributed by atoms with Gasteiger partial charge < -0.3 is 19.3 Å². The lowest BCUT2D eigenvalue weighted by molar-refractivity contribution is 0.00227. The molecule has 1 atom stereocenters. The predicted molar refractivity (Wildman–Crippen MR) is 82.1 cm³/mol. The van der Waals surface area contributed by atoms with Crippen molar-refractivity contribution in [1.82, 2.24) is 0 Å². The average molecular weight is 290 g/mol.